The number of benzene rings is 5. The zero-order chi connectivity index (χ0) is 41.4. The molecule has 0 N–H and O–H groups in total. The maximum atomic E-state index is 13.7. The van der Waals surface area contributed by atoms with Crippen molar-refractivity contribution in [2.75, 3.05) is 9.80 Å². The maximum absolute atomic E-state index is 13.7. The van der Waals surface area contributed by atoms with Gasteiger partial charge in [0.1, 0.15) is 0 Å². The minimum absolute atomic E-state index is 0.118. The summed E-state index contributed by atoms with van der Waals surface area (Å²) in [6.45, 7) is 0. The minimum Gasteiger partial charge on any atom is -0.274 e. The van der Waals surface area contributed by atoms with E-state index in [1.807, 2.05) is 121 Å². The lowest BCUT2D eigenvalue weighted by Gasteiger charge is -2.19. The van der Waals surface area contributed by atoms with Crippen LogP contribution in [0.2, 0.25) is 0 Å². The molecular weight excluding hydrogens is 773 g/mol. The van der Waals surface area contributed by atoms with Gasteiger partial charge in [-0.15, -0.1) is 0 Å². The van der Waals surface area contributed by atoms with E-state index >= 15 is 0 Å². The average molecular weight is 809 g/mol. The minimum atomic E-state index is -0.284. The fraction of sp³-hybridized carbons (Fsp3) is 0.192. The van der Waals surface area contributed by atoms with Gasteiger partial charge in [-0.2, -0.15) is 0 Å². The van der Waals surface area contributed by atoms with E-state index in [4.69, 9.17) is 19.9 Å². The Hall–Kier alpha value is -7.46. The topological polar surface area (TPSA) is 126 Å². The highest BCUT2D eigenvalue weighted by atomic mass is 16.2. The second kappa shape index (κ2) is 13.0. The summed E-state index contributed by atoms with van der Waals surface area (Å²) in [5.41, 5.74) is 7.24. The van der Waals surface area contributed by atoms with Crippen molar-refractivity contribution < 1.29 is 19.2 Å². The molecule has 10 heteroatoms. The number of rotatable bonds is 6. The van der Waals surface area contributed by atoms with E-state index in [0.29, 0.717) is 45.4 Å². The second-order valence-corrected chi connectivity index (χ2v) is 17.5. The molecule has 4 heterocycles. The Bertz CT molecular complexity index is 2910. The molecule has 2 saturated carbocycles. The Morgan fingerprint density at radius 3 is 1.10 bits per heavy atom. The average Bonchev–Trinajstić information content (AvgIpc) is 4.19. The molecule has 2 aliphatic heterocycles. The summed E-state index contributed by atoms with van der Waals surface area (Å²) in [6.07, 6.45) is 10.2. The number of amides is 4. The zero-order valence-electron chi connectivity index (χ0n) is 33.2. The predicted molar refractivity (Wildman–Crippen MR) is 235 cm³/mol. The summed E-state index contributed by atoms with van der Waals surface area (Å²) in [7, 11) is 0. The number of imide groups is 2. The van der Waals surface area contributed by atoms with Crippen molar-refractivity contribution in [3.63, 3.8) is 0 Å². The van der Waals surface area contributed by atoms with Crippen molar-refractivity contribution in [1.29, 1.82) is 0 Å². The van der Waals surface area contributed by atoms with Gasteiger partial charge < -0.3 is 0 Å². The van der Waals surface area contributed by atoms with Gasteiger partial charge in [0.15, 0.2) is 11.6 Å². The SMILES string of the molecule is O=C1C2C3C=CC(C3)C2C(=O)N1c1ccc2nc(-c3ccc(-c4nc(-c5ccccc5)c5cc(N6C(=O)C7C8C=CC(C8)C7C6=O)ccc5n4)cc3)nc(-c3ccccc3)c2c1. The van der Waals surface area contributed by atoms with Crippen molar-refractivity contribution in [2.24, 2.45) is 47.3 Å². The van der Waals surface area contributed by atoms with Crippen LogP contribution in [0.25, 0.3) is 67.1 Å². The first kappa shape index (κ1) is 35.3. The van der Waals surface area contributed by atoms with Gasteiger partial charge in [0.2, 0.25) is 23.6 Å². The molecule has 4 bridgehead atoms. The standard InChI is InChI=1S/C52H36N6O4/c59-49-41-31-15-16-32(23-31)42(41)50(60)57(49)35-19-21-39-37(25-35)45(27-7-3-1-4-8-27)55-47(53-39)29-11-13-30(14-12-29)48-54-40-22-20-36(26-38(40)46(56-48)28-9-5-2-6-10-28)58-51(61)43-33-17-18-34(24-33)44(43)52(58)62/h1-22,25-26,31-34,41-44H,23-24H2. The van der Waals surface area contributed by atoms with Crippen LogP contribution in [-0.2, 0) is 19.2 Å². The van der Waals surface area contributed by atoms with Gasteiger partial charge >= 0.3 is 0 Å². The van der Waals surface area contributed by atoms with E-state index in [-0.39, 0.29) is 71.0 Å². The highest BCUT2D eigenvalue weighted by Crippen LogP contribution is 2.55. The molecule has 8 unspecified atom stereocenters. The molecule has 13 rings (SSSR count). The third kappa shape index (κ3) is 5.03. The van der Waals surface area contributed by atoms with Gasteiger partial charge in [-0.25, -0.2) is 29.7 Å². The Kier molecular flexibility index (Phi) is 7.42. The van der Waals surface area contributed by atoms with Gasteiger partial charge in [-0.1, -0.05) is 109 Å². The molecule has 10 nitrogen and oxygen atoms in total. The lowest BCUT2D eigenvalue weighted by atomic mass is 9.85. The van der Waals surface area contributed by atoms with Crippen LogP contribution in [0, 0.1) is 47.3 Å². The molecule has 7 aromatic rings. The van der Waals surface area contributed by atoms with Crippen LogP contribution in [-0.4, -0.2) is 43.6 Å². The molecule has 0 spiro atoms. The Labute approximate surface area is 355 Å². The molecule has 8 atom stereocenters. The summed E-state index contributed by atoms with van der Waals surface area (Å²) in [4.78, 5) is 78.0. The van der Waals surface area contributed by atoms with E-state index < -0.39 is 0 Å². The van der Waals surface area contributed by atoms with E-state index in [1.54, 1.807) is 0 Å². The fourth-order valence-electron chi connectivity index (χ4n) is 11.5. The number of allylic oxidation sites excluding steroid dienone is 4. The third-order valence-electron chi connectivity index (χ3n) is 14.3. The number of aromatic nitrogens is 4. The first-order valence-electron chi connectivity index (χ1n) is 21.4. The largest absolute Gasteiger partial charge is 0.274 e. The molecule has 4 fully saturated rings. The smallest absolute Gasteiger partial charge is 0.238 e. The summed E-state index contributed by atoms with van der Waals surface area (Å²) >= 11 is 0. The first-order chi connectivity index (χ1) is 30.4. The van der Waals surface area contributed by atoms with Gasteiger partial charge in [0.25, 0.3) is 0 Å². The van der Waals surface area contributed by atoms with Crippen LogP contribution in [0.3, 0.4) is 0 Å². The summed E-state index contributed by atoms with van der Waals surface area (Å²) in [5.74, 6) is -0.0423. The van der Waals surface area contributed by atoms with Crippen LogP contribution >= 0.6 is 0 Å². The molecule has 2 aromatic heterocycles. The van der Waals surface area contributed by atoms with E-state index in [1.165, 1.54) is 9.80 Å². The first-order valence-corrected chi connectivity index (χ1v) is 21.4. The normalized spacial score (nSPS) is 26.5. The van der Waals surface area contributed by atoms with Gasteiger partial charge in [-0.05, 0) is 72.9 Å². The van der Waals surface area contributed by atoms with Crippen molar-refractivity contribution in [1.82, 2.24) is 19.9 Å². The number of nitrogens with zero attached hydrogens (tertiary/aromatic N) is 6. The number of hydrogen-bond donors (Lipinski definition) is 0. The lowest BCUT2D eigenvalue weighted by molar-refractivity contribution is -0.124. The molecule has 6 aliphatic rings. The molecule has 4 aliphatic carbocycles. The quantitative estimate of drug-likeness (QED) is 0.121. The van der Waals surface area contributed by atoms with E-state index in [9.17, 15) is 19.2 Å². The fourth-order valence-corrected chi connectivity index (χ4v) is 11.5. The van der Waals surface area contributed by atoms with E-state index in [0.717, 1.165) is 45.9 Å². The highest BCUT2D eigenvalue weighted by Gasteiger charge is 2.60. The molecule has 4 amide bonds. The predicted octanol–water partition coefficient (Wildman–Crippen LogP) is 8.86. The van der Waals surface area contributed by atoms with Crippen molar-refractivity contribution in [3.8, 4) is 45.3 Å². The molecule has 2 saturated heterocycles. The maximum Gasteiger partial charge on any atom is 0.238 e. The molecule has 62 heavy (non-hydrogen) atoms. The van der Waals surface area contributed by atoms with Crippen LogP contribution in [0.4, 0.5) is 11.4 Å². The molecule has 298 valence electrons. The number of hydrogen-bond acceptors (Lipinski definition) is 8. The molecule has 0 radical (unpaired) electrons. The van der Waals surface area contributed by atoms with Gasteiger partial charge in [0.05, 0.1) is 57.5 Å². The molecule has 5 aromatic carbocycles. The van der Waals surface area contributed by atoms with Crippen LogP contribution in [0.15, 0.2) is 146 Å². The van der Waals surface area contributed by atoms with E-state index in [2.05, 4.69) is 24.3 Å². The summed E-state index contributed by atoms with van der Waals surface area (Å²) in [5, 5.41) is 1.50. The second-order valence-electron chi connectivity index (χ2n) is 17.5. The van der Waals surface area contributed by atoms with Crippen molar-refractivity contribution in [2.45, 2.75) is 12.8 Å². The van der Waals surface area contributed by atoms with Gasteiger partial charge in [0, 0.05) is 33.0 Å². The Balaban J connectivity index is 0.861. The summed E-state index contributed by atoms with van der Waals surface area (Å²) < 4.78 is 0. The monoisotopic (exact) mass is 808 g/mol. The molecular formula is C52H36N6O4. The van der Waals surface area contributed by atoms with Crippen molar-refractivity contribution >= 4 is 56.8 Å². The van der Waals surface area contributed by atoms with Crippen LogP contribution in [0.1, 0.15) is 12.8 Å². The van der Waals surface area contributed by atoms with Crippen molar-refractivity contribution in [3.05, 3.63) is 146 Å². The van der Waals surface area contributed by atoms with Gasteiger partial charge in [-0.3, -0.25) is 19.2 Å². The lowest BCUT2D eigenvalue weighted by Crippen LogP contribution is -2.32. The highest BCUT2D eigenvalue weighted by molar-refractivity contribution is 6.24. The number of carbonyl (C=O) groups is 4. The third-order valence-corrected chi connectivity index (χ3v) is 14.3. The van der Waals surface area contributed by atoms with Crippen LogP contribution in [0.5, 0.6) is 0 Å². The number of fused-ring (bicyclic) bond motifs is 12. The Morgan fingerprint density at radius 1 is 0.387 bits per heavy atom. The number of anilines is 2. The zero-order valence-corrected chi connectivity index (χ0v) is 33.2. The Morgan fingerprint density at radius 2 is 0.742 bits per heavy atom. The summed E-state index contributed by atoms with van der Waals surface area (Å²) in [6, 6.07) is 38.8. The number of carbonyl (C=O) groups excluding carboxylic acids is 4. The van der Waals surface area contributed by atoms with Crippen LogP contribution < -0.4 is 9.80 Å².